The molecule has 1 aliphatic carbocycles. The van der Waals surface area contributed by atoms with Crippen LogP contribution in [0, 0.1) is 0 Å². The van der Waals surface area contributed by atoms with Gasteiger partial charge in [0, 0.05) is 13.2 Å². The molecule has 0 heterocycles. The highest BCUT2D eigenvalue weighted by Crippen LogP contribution is 2.23. The van der Waals surface area contributed by atoms with Gasteiger partial charge >= 0.3 is 0 Å². The van der Waals surface area contributed by atoms with Crippen LogP contribution in [0.5, 0.6) is 0 Å². The lowest BCUT2D eigenvalue weighted by atomic mass is 9.92. The molecule has 0 aromatic rings. The summed E-state index contributed by atoms with van der Waals surface area (Å²) in [6.45, 7) is 1.92. The van der Waals surface area contributed by atoms with Gasteiger partial charge in [0.2, 0.25) is 0 Å². The summed E-state index contributed by atoms with van der Waals surface area (Å²) in [7, 11) is 4.03. The van der Waals surface area contributed by atoms with Crippen LogP contribution in [0.3, 0.4) is 0 Å². The van der Waals surface area contributed by atoms with E-state index in [0.717, 1.165) is 19.5 Å². The minimum Gasteiger partial charge on any atom is -0.381 e. The van der Waals surface area contributed by atoms with E-state index in [-0.39, 0.29) is 0 Å². The smallest absolute Gasteiger partial charge is 0.0586 e. The van der Waals surface area contributed by atoms with E-state index in [0.29, 0.717) is 12.1 Å². The number of nitrogens with two attached hydrogens (primary N) is 1. The van der Waals surface area contributed by atoms with Crippen molar-refractivity contribution in [3.63, 3.8) is 0 Å². The molecule has 14 heavy (non-hydrogen) atoms. The fourth-order valence-electron chi connectivity index (χ4n) is 2.26. The van der Waals surface area contributed by atoms with Gasteiger partial charge in [0.05, 0.1) is 6.10 Å². The number of hydrogen-bond donors (Lipinski definition) is 1. The van der Waals surface area contributed by atoms with Gasteiger partial charge in [0.25, 0.3) is 0 Å². The monoisotopic (exact) mass is 200 g/mol. The van der Waals surface area contributed by atoms with Crippen molar-refractivity contribution in [2.75, 3.05) is 27.2 Å². The summed E-state index contributed by atoms with van der Waals surface area (Å²) in [5, 5.41) is 0. The van der Waals surface area contributed by atoms with Crippen LogP contribution in [-0.4, -0.2) is 44.3 Å². The second kappa shape index (κ2) is 6.38. The highest BCUT2D eigenvalue weighted by molar-refractivity contribution is 4.79. The molecule has 2 unspecified atom stereocenters. The van der Waals surface area contributed by atoms with Crippen LogP contribution in [0.2, 0.25) is 0 Å². The first-order chi connectivity index (χ1) is 6.77. The van der Waals surface area contributed by atoms with Gasteiger partial charge in [-0.1, -0.05) is 0 Å². The van der Waals surface area contributed by atoms with Crippen molar-refractivity contribution >= 4 is 0 Å². The van der Waals surface area contributed by atoms with E-state index in [1.807, 2.05) is 7.11 Å². The maximum absolute atomic E-state index is 5.51. The quantitative estimate of drug-likeness (QED) is 0.725. The largest absolute Gasteiger partial charge is 0.381 e. The molecule has 1 fully saturated rings. The lowest BCUT2D eigenvalue weighted by molar-refractivity contribution is 0.0345. The maximum Gasteiger partial charge on any atom is 0.0586 e. The van der Waals surface area contributed by atoms with Crippen molar-refractivity contribution in [2.45, 2.75) is 44.2 Å². The molecule has 0 radical (unpaired) electrons. The molecule has 1 saturated carbocycles. The van der Waals surface area contributed by atoms with Crippen LogP contribution in [0.25, 0.3) is 0 Å². The Kier molecular flexibility index (Phi) is 5.45. The van der Waals surface area contributed by atoms with Crippen LogP contribution in [-0.2, 0) is 4.74 Å². The Bertz CT molecular complexity index is 152. The van der Waals surface area contributed by atoms with E-state index in [1.165, 1.54) is 25.7 Å². The van der Waals surface area contributed by atoms with E-state index in [4.69, 9.17) is 10.5 Å². The van der Waals surface area contributed by atoms with Gasteiger partial charge in [-0.05, 0) is 52.2 Å². The van der Waals surface area contributed by atoms with Crippen molar-refractivity contribution in [3.05, 3.63) is 0 Å². The first-order valence-corrected chi connectivity index (χ1v) is 5.71. The third-order valence-electron chi connectivity index (χ3n) is 3.27. The molecule has 0 aliphatic heterocycles. The van der Waals surface area contributed by atoms with Gasteiger partial charge in [-0.2, -0.15) is 0 Å². The predicted molar refractivity (Wildman–Crippen MR) is 59.4 cm³/mol. The molecule has 0 aromatic carbocycles. The average molecular weight is 200 g/mol. The Morgan fingerprint density at radius 3 is 2.86 bits per heavy atom. The van der Waals surface area contributed by atoms with Crippen molar-refractivity contribution < 1.29 is 4.74 Å². The lowest BCUT2D eigenvalue weighted by Crippen LogP contribution is -2.39. The standard InChI is InChI=1S/C11H24N2O/c1-13(8-4-7-12)10-5-3-6-11(9-10)14-2/h10-11H,3-9,12H2,1-2H3. The highest BCUT2D eigenvalue weighted by Gasteiger charge is 2.24. The fourth-order valence-corrected chi connectivity index (χ4v) is 2.26. The summed E-state index contributed by atoms with van der Waals surface area (Å²) in [6, 6.07) is 0.709. The summed E-state index contributed by atoms with van der Waals surface area (Å²) in [5.41, 5.74) is 5.51. The second-order valence-electron chi connectivity index (χ2n) is 4.30. The molecule has 1 aliphatic rings. The van der Waals surface area contributed by atoms with Gasteiger partial charge in [-0.25, -0.2) is 0 Å². The number of nitrogens with zero attached hydrogens (tertiary/aromatic N) is 1. The molecule has 0 spiro atoms. The van der Waals surface area contributed by atoms with Gasteiger partial charge in [0.15, 0.2) is 0 Å². The van der Waals surface area contributed by atoms with E-state index >= 15 is 0 Å². The zero-order chi connectivity index (χ0) is 10.4. The molecule has 1 rings (SSSR count). The van der Waals surface area contributed by atoms with Gasteiger partial charge < -0.3 is 15.4 Å². The van der Waals surface area contributed by atoms with Crippen LogP contribution in [0.15, 0.2) is 0 Å². The van der Waals surface area contributed by atoms with Crippen molar-refractivity contribution in [2.24, 2.45) is 5.73 Å². The first kappa shape index (κ1) is 12.0. The number of hydrogen-bond acceptors (Lipinski definition) is 3. The van der Waals surface area contributed by atoms with Crippen LogP contribution in [0.1, 0.15) is 32.1 Å². The molecule has 3 nitrogen and oxygen atoms in total. The minimum atomic E-state index is 0.481. The highest BCUT2D eigenvalue weighted by atomic mass is 16.5. The Morgan fingerprint density at radius 2 is 2.21 bits per heavy atom. The molecule has 0 saturated heterocycles. The molecule has 0 aromatic heterocycles. The van der Waals surface area contributed by atoms with E-state index in [2.05, 4.69) is 11.9 Å². The SMILES string of the molecule is COC1CCCC(N(C)CCCN)C1. The van der Waals surface area contributed by atoms with Gasteiger partial charge in [-0.3, -0.25) is 0 Å². The second-order valence-corrected chi connectivity index (χ2v) is 4.30. The lowest BCUT2D eigenvalue weighted by Gasteiger charge is -2.34. The molecule has 2 atom stereocenters. The van der Waals surface area contributed by atoms with Gasteiger partial charge in [-0.15, -0.1) is 0 Å². The maximum atomic E-state index is 5.51. The Balaban J connectivity index is 2.27. The molecular formula is C11H24N2O. The minimum absolute atomic E-state index is 0.481. The molecule has 0 bridgehead atoms. The number of methoxy groups -OCH3 is 1. The molecule has 0 amide bonds. The molecular weight excluding hydrogens is 176 g/mol. The van der Waals surface area contributed by atoms with E-state index < -0.39 is 0 Å². The first-order valence-electron chi connectivity index (χ1n) is 5.71. The van der Waals surface area contributed by atoms with E-state index in [1.54, 1.807) is 0 Å². The Hall–Kier alpha value is -0.120. The van der Waals surface area contributed by atoms with E-state index in [9.17, 15) is 0 Å². The van der Waals surface area contributed by atoms with Crippen molar-refractivity contribution in [1.29, 1.82) is 0 Å². The number of rotatable bonds is 5. The van der Waals surface area contributed by atoms with Crippen molar-refractivity contribution in [3.8, 4) is 0 Å². The molecule has 84 valence electrons. The third-order valence-corrected chi connectivity index (χ3v) is 3.27. The fraction of sp³-hybridized carbons (Fsp3) is 1.00. The third kappa shape index (κ3) is 3.56. The number of ether oxygens (including phenoxy) is 1. The topological polar surface area (TPSA) is 38.5 Å². The van der Waals surface area contributed by atoms with Crippen LogP contribution in [0.4, 0.5) is 0 Å². The molecule has 3 heteroatoms. The van der Waals surface area contributed by atoms with Crippen molar-refractivity contribution in [1.82, 2.24) is 4.90 Å². The molecule has 2 N–H and O–H groups in total. The summed E-state index contributed by atoms with van der Waals surface area (Å²) in [5.74, 6) is 0. The summed E-state index contributed by atoms with van der Waals surface area (Å²) in [6.07, 6.45) is 6.63. The van der Waals surface area contributed by atoms with Gasteiger partial charge in [0.1, 0.15) is 0 Å². The Morgan fingerprint density at radius 1 is 1.43 bits per heavy atom. The predicted octanol–water partition coefficient (Wildman–Crippen LogP) is 1.22. The summed E-state index contributed by atoms with van der Waals surface area (Å²) >= 11 is 0. The van der Waals surface area contributed by atoms with Crippen LogP contribution >= 0.6 is 0 Å². The normalized spacial score (nSPS) is 28.3. The summed E-state index contributed by atoms with van der Waals surface area (Å²) < 4.78 is 5.42. The summed E-state index contributed by atoms with van der Waals surface area (Å²) in [4.78, 5) is 2.44. The zero-order valence-electron chi connectivity index (χ0n) is 9.54. The zero-order valence-corrected chi connectivity index (χ0v) is 9.54. The Labute approximate surface area is 87.6 Å². The van der Waals surface area contributed by atoms with Crippen LogP contribution < -0.4 is 5.73 Å². The average Bonchev–Trinajstić information content (AvgIpc) is 2.26.